The summed E-state index contributed by atoms with van der Waals surface area (Å²) < 4.78 is 27.8. The van der Waals surface area contributed by atoms with Crippen molar-refractivity contribution in [3.05, 3.63) is 12.5 Å². The number of nitrogens with one attached hydrogen (secondary N) is 1. The van der Waals surface area contributed by atoms with E-state index < -0.39 is 15.6 Å². The van der Waals surface area contributed by atoms with Gasteiger partial charge in [0.05, 0.1) is 6.33 Å². The average molecular weight is 250 g/mol. The third kappa shape index (κ3) is 2.16. The molecule has 1 aliphatic rings. The predicted molar refractivity (Wildman–Crippen MR) is 56.2 cm³/mol. The minimum absolute atomic E-state index is 0.0430. The second-order valence-electron chi connectivity index (χ2n) is 3.90. The van der Waals surface area contributed by atoms with Crippen LogP contribution in [0.1, 0.15) is 12.8 Å². The van der Waals surface area contributed by atoms with E-state index in [4.69, 9.17) is 11.6 Å². The molecule has 84 valence electrons. The van der Waals surface area contributed by atoms with Crippen molar-refractivity contribution in [3.8, 4) is 0 Å². The Morgan fingerprint density at radius 2 is 2.33 bits per heavy atom. The molecule has 0 radical (unpaired) electrons. The van der Waals surface area contributed by atoms with E-state index in [-0.39, 0.29) is 5.03 Å². The van der Waals surface area contributed by atoms with Gasteiger partial charge in [-0.05, 0) is 12.8 Å². The normalized spacial score (nSPS) is 19.1. The Bertz CT molecular complexity index is 464. The standard InChI is InChI=1S/C8H12ClN3O2S/c1-12-4-7(10-6-12)15(13,14)11-8(5-9)2-3-8/h4,6,11H,2-3,5H2,1H3. The van der Waals surface area contributed by atoms with Gasteiger partial charge in [-0.2, -0.15) is 0 Å². The second-order valence-corrected chi connectivity index (χ2v) is 5.79. The van der Waals surface area contributed by atoms with Crippen molar-refractivity contribution in [2.45, 2.75) is 23.4 Å². The lowest BCUT2D eigenvalue weighted by Crippen LogP contribution is -2.38. The highest BCUT2D eigenvalue weighted by atomic mass is 35.5. The maximum atomic E-state index is 11.8. The van der Waals surface area contributed by atoms with Gasteiger partial charge in [0.15, 0.2) is 5.03 Å². The van der Waals surface area contributed by atoms with Gasteiger partial charge < -0.3 is 4.57 Å². The van der Waals surface area contributed by atoms with Gasteiger partial charge in [0.25, 0.3) is 10.0 Å². The Labute approximate surface area is 93.5 Å². The highest BCUT2D eigenvalue weighted by Crippen LogP contribution is 2.37. The summed E-state index contributed by atoms with van der Waals surface area (Å²) in [6.07, 6.45) is 4.51. The molecule has 1 aromatic heterocycles. The summed E-state index contributed by atoms with van der Waals surface area (Å²) in [5.41, 5.74) is -0.433. The highest BCUT2D eigenvalue weighted by molar-refractivity contribution is 7.89. The molecule has 0 aromatic carbocycles. The second kappa shape index (κ2) is 3.47. The molecule has 1 N–H and O–H groups in total. The van der Waals surface area contributed by atoms with Crippen LogP contribution in [-0.2, 0) is 17.1 Å². The Morgan fingerprint density at radius 3 is 2.73 bits per heavy atom. The molecular formula is C8H12ClN3O2S. The first-order chi connectivity index (χ1) is 6.97. The van der Waals surface area contributed by atoms with Gasteiger partial charge in [-0.1, -0.05) is 0 Å². The summed E-state index contributed by atoms with van der Waals surface area (Å²) in [6.45, 7) is 0. The molecule has 0 amide bonds. The number of hydrogen-bond donors (Lipinski definition) is 1. The molecule has 5 nitrogen and oxygen atoms in total. The van der Waals surface area contributed by atoms with E-state index in [1.165, 1.54) is 12.5 Å². The van der Waals surface area contributed by atoms with E-state index in [0.717, 1.165) is 12.8 Å². The lowest BCUT2D eigenvalue weighted by molar-refractivity contribution is 0.556. The van der Waals surface area contributed by atoms with Crippen molar-refractivity contribution in [1.29, 1.82) is 0 Å². The molecule has 1 aliphatic carbocycles. The van der Waals surface area contributed by atoms with Crippen molar-refractivity contribution >= 4 is 21.6 Å². The lowest BCUT2D eigenvalue weighted by Gasteiger charge is -2.12. The van der Waals surface area contributed by atoms with Gasteiger partial charge in [0, 0.05) is 24.7 Å². The van der Waals surface area contributed by atoms with Crippen LogP contribution in [0.5, 0.6) is 0 Å². The van der Waals surface area contributed by atoms with Gasteiger partial charge in [-0.15, -0.1) is 11.6 Å². The Kier molecular flexibility index (Phi) is 2.52. The fourth-order valence-electron chi connectivity index (χ4n) is 1.28. The fraction of sp³-hybridized carbons (Fsp3) is 0.625. The number of sulfonamides is 1. The molecule has 0 spiro atoms. The maximum absolute atomic E-state index is 11.8. The molecule has 1 saturated carbocycles. The minimum Gasteiger partial charge on any atom is -0.339 e. The number of halogens is 1. The third-order valence-electron chi connectivity index (χ3n) is 2.42. The van der Waals surface area contributed by atoms with E-state index >= 15 is 0 Å². The van der Waals surface area contributed by atoms with Gasteiger partial charge in [-0.25, -0.2) is 18.1 Å². The van der Waals surface area contributed by atoms with E-state index in [1.54, 1.807) is 11.6 Å². The van der Waals surface area contributed by atoms with E-state index in [2.05, 4.69) is 9.71 Å². The molecule has 1 heterocycles. The Hall–Kier alpha value is -0.590. The van der Waals surface area contributed by atoms with E-state index in [1.807, 2.05) is 0 Å². The van der Waals surface area contributed by atoms with Crippen molar-refractivity contribution in [1.82, 2.24) is 14.3 Å². The monoisotopic (exact) mass is 249 g/mol. The molecule has 1 aromatic rings. The molecule has 0 aliphatic heterocycles. The van der Waals surface area contributed by atoms with Gasteiger partial charge in [0.2, 0.25) is 0 Å². The molecule has 1 fully saturated rings. The van der Waals surface area contributed by atoms with Crippen molar-refractivity contribution in [2.75, 3.05) is 5.88 Å². The number of hydrogen-bond acceptors (Lipinski definition) is 3. The first kappa shape index (κ1) is 10.9. The Morgan fingerprint density at radius 1 is 1.67 bits per heavy atom. The summed E-state index contributed by atoms with van der Waals surface area (Å²) in [6, 6.07) is 0. The van der Waals surface area contributed by atoms with E-state index in [0.29, 0.717) is 5.88 Å². The number of aryl methyl sites for hydroxylation is 1. The number of imidazole rings is 1. The van der Waals surface area contributed by atoms with Gasteiger partial charge >= 0.3 is 0 Å². The molecule has 7 heteroatoms. The largest absolute Gasteiger partial charge is 0.339 e. The molecule has 0 saturated heterocycles. The smallest absolute Gasteiger partial charge is 0.260 e. The summed E-state index contributed by atoms with van der Waals surface area (Å²) in [5.74, 6) is 0.305. The predicted octanol–water partition coefficient (Wildman–Crippen LogP) is 0.470. The molecule has 15 heavy (non-hydrogen) atoms. The van der Waals surface area contributed by atoms with Crippen molar-refractivity contribution < 1.29 is 8.42 Å². The molecule has 0 bridgehead atoms. The number of rotatable bonds is 4. The van der Waals surface area contributed by atoms with Crippen molar-refractivity contribution in [2.24, 2.45) is 7.05 Å². The Balaban J connectivity index is 2.21. The van der Waals surface area contributed by atoms with Crippen LogP contribution in [0.3, 0.4) is 0 Å². The minimum atomic E-state index is -3.51. The SMILES string of the molecule is Cn1cnc(S(=O)(=O)NC2(CCl)CC2)c1. The van der Waals surface area contributed by atoms with Crippen molar-refractivity contribution in [3.63, 3.8) is 0 Å². The maximum Gasteiger partial charge on any atom is 0.260 e. The molecular weight excluding hydrogens is 238 g/mol. The van der Waals surface area contributed by atoms with Crippen LogP contribution in [0.25, 0.3) is 0 Å². The average Bonchev–Trinajstić information content (AvgIpc) is 2.78. The first-order valence-electron chi connectivity index (χ1n) is 4.55. The fourth-order valence-corrected chi connectivity index (χ4v) is 3.13. The topological polar surface area (TPSA) is 64.0 Å². The van der Waals surface area contributed by atoms with Crippen LogP contribution < -0.4 is 4.72 Å². The highest BCUT2D eigenvalue weighted by Gasteiger charge is 2.45. The van der Waals surface area contributed by atoms with Crippen LogP contribution >= 0.6 is 11.6 Å². The third-order valence-corrected chi connectivity index (χ3v) is 4.39. The van der Waals surface area contributed by atoms with Crippen LogP contribution in [-0.4, -0.2) is 29.4 Å². The van der Waals surface area contributed by atoms with E-state index in [9.17, 15) is 8.42 Å². The summed E-state index contributed by atoms with van der Waals surface area (Å²) >= 11 is 5.70. The zero-order valence-corrected chi connectivity index (χ0v) is 9.85. The summed E-state index contributed by atoms with van der Waals surface area (Å²) in [7, 11) is -1.79. The molecule has 0 atom stereocenters. The zero-order chi connectivity index (χ0) is 11.1. The van der Waals surface area contributed by atoms with Crippen LogP contribution in [0, 0.1) is 0 Å². The number of aromatic nitrogens is 2. The zero-order valence-electron chi connectivity index (χ0n) is 8.27. The number of alkyl halides is 1. The molecule has 2 rings (SSSR count). The number of nitrogens with zero attached hydrogens (tertiary/aromatic N) is 2. The van der Waals surface area contributed by atoms with Crippen LogP contribution in [0.15, 0.2) is 17.6 Å². The van der Waals surface area contributed by atoms with Crippen LogP contribution in [0.4, 0.5) is 0 Å². The first-order valence-corrected chi connectivity index (χ1v) is 6.57. The van der Waals surface area contributed by atoms with Crippen LogP contribution in [0.2, 0.25) is 0 Å². The summed E-state index contributed by atoms with van der Waals surface area (Å²) in [4.78, 5) is 3.80. The quantitative estimate of drug-likeness (QED) is 0.789. The summed E-state index contributed by atoms with van der Waals surface area (Å²) in [5, 5.41) is 0.0430. The van der Waals surface area contributed by atoms with Gasteiger partial charge in [0.1, 0.15) is 0 Å². The van der Waals surface area contributed by atoms with Gasteiger partial charge in [-0.3, -0.25) is 0 Å². The lowest BCUT2D eigenvalue weighted by atomic mass is 10.4. The molecule has 0 unspecified atom stereocenters.